The molecule has 0 spiro atoms. The van der Waals surface area contributed by atoms with Gasteiger partial charge in [0, 0.05) is 29.7 Å². The fraction of sp³-hybridized carbons (Fsp3) is 0.500. The van der Waals surface area contributed by atoms with Crippen LogP contribution in [0.15, 0.2) is 35.3 Å². The molecule has 11 nitrogen and oxygen atoms in total. The van der Waals surface area contributed by atoms with E-state index in [2.05, 4.69) is 16.4 Å². The van der Waals surface area contributed by atoms with Gasteiger partial charge in [-0.2, -0.15) is 10.4 Å². The van der Waals surface area contributed by atoms with Gasteiger partial charge in [0.25, 0.3) is 11.5 Å². The van der Waals surface area contributed by atoms with Gasteiger partial charge < -0.3 is 24.7 Å². The number of hydrogen-bond donors (Lipinski definition) is 2. The minimum Gasteiger partial charge on any atom is -0.458 e. The SMILES string of the molecule is Cc1cc(Nc2nn([C@]3(CC#N)CC[C@@H](C(=O)OC(C)(C)C)OC3)c3cc[nH]c(=O)c23)ccc1C(=O)N1CCS[C@H]1C. The van der Waals surface area contributed by atoms with E-state index in [1.807, 2.05) is 24.8 Å². The van der Waals surface area contributed by atoms with Crippen LogP contribution in [-0.4, -0.2) is 67.5 Å². The van der Waals surface area contributed by atoms with Crippen LogP contribution in [-0.2, 0) is 19.8 Å². The standard InChI is InChI=1S/C30H36N6O5S/c1-18-16-20(6-7-21(18)27(38)35-14-15-42-19(35)2)33-25-24-22(9-13-32-26(24)37)36(34-25)30(11-12-31)10-8-23(40-17-30)28(39)41-29(3,4)5/h6-7,9,13,16,19,23H,8,10-11,14-15,17H2,1-5H3,(H,32,37)(H,33,34)/t19-,23-,30-/m0/s1. The first-order valence-electron chi connectivity index (χ1n) is 14.0. The summed E-state index contributed by atoms with van der Waals surface area (Å²) in [5.41, 5.74) is 0.784. The second-order valence-electron chi connectivity index (χ2n) is 11.9. The molecule has 0 bridgehead atoms. The number of anilines is 2. The van der Waals surface area contributed by atoms with Crippen molar-refractivity contribution in [2.45, 2.75) is 76.5 Å². The van der Waals surface area contributed by atoms with Gasteiger partial charge in [-0.25, -0.2) is 4.79 Å². The van der Waals surface area contributed by atoms with E-state index >= 15 is 0 Å². The lowest BCUT2D eigenvalue weighted by Crippen LogP contribution is -2.47. The highest BCUT2D eigenvalue weighted by Gasteiger charge is 2.43. The van der Waals surface area contributed by atoms with E-state index in [0.717, 1.165) is 17.9 Å². The van der Waals surface area contributed by atoms with Gasteiger partial charge in [0.05, 0.1) is 35.5 Å². The van der Waals surface area contributed by atoms with E-state index in [4.69, 9.17) is 14.6 Å². The topological polar surface area (TPSA) is 142 Å². The molecule has 2 saturated heterocycles. The number of carbonyl (C=O) groups is 2. The molecule has 3 atom stereocenters. The molecular formula is C30H36N6O5S. The summed E-state index contributed by atoms with van der Waals surface area (Å²) in [6, 6.07) is 9.45. The second kappa shape index (κ2) is 11.5. The number of H-pyrrole nitrogens is 1. The van der Waals surface area contributed by atoms with Gasteiger partial charge in [-0.05, 0) is 77.3 Å². The number of aromatic amines is 1. The maximum absolute atomic E-state index is 13.1. The summed E-state index contributed by atoms with van der Waals surface area (Å²) in [4.78, 5) is 43.4. The predicted molar refractivity (Wildman–Crippen MR) is 161 cm³/mol. The number of carbonyl (C=O) groups excluding carboxylic acids is 2. The number of nitriles is 1. The molecule has 2 N–H and O–H groups in total. The zero-order valence-corrected chi connectivity index (χ0v) is 25.3. The molecule has 2 aliphatic heterocycles. The van der Waals surface area contributed by atoms with Crippen LogP contribution in [0.4, 0.5) is 11.5 Å². The van der Waals surface area contributed by atoms with Crippen molar-refractivity contribution in [1.29, 1.82) is 5.26 Å². The number of benzene rings is 1. The fourth-order valence-electron chi connectivity index (χ4n) is 5.55. The molecule has 2 aliphatic rings. The highest BCUT2D eigenvalue weighted by molar-refractivity contribution is 8.00. The Balaban J connectivity index is 1.45. The van der Waals surface area contributed by atoms with Crippen molar-refractivity contribution in [1.82, 2.24) is 19.7 Å². The minimum absolute atomic E-state index is 0.00292. The number of fused-ring (bicyclic) bond motifs is 1. The molecule has 2 fully saturated rings. The molecule has 222 valence electrons. The van der Waals surface area contributed by atoms with Gasteiger partial charge in [-0.1, -0.05) is 0 Å². The molecule has 0 unspecified atom stereocenters. The Morgan fingerprint density at radius 2 is 2.12 bits per heavy atom. The van der Waals surface area contributed by atoms with Gasteiger partial charge >= 0.3 is 5.97 Å². The Morgan fingerprint density at radius 1 is 1.33 bits per heavy atom. The van der Waals surface area contributed by atoms with Crippen molar-refractivity contribution in [3.05, 3.63) is 51.9 Å². The van der Waals surface area contributed by atoms with E-state index in [1.165, 1.54) is 0 Å². The number of nitrogens with zero attached hydrogens (tertiary/aromatic N) is 4. The molecular weight excluding hydrogens is 556 g/mol. The first-order chi connectivity index (χ1) is 19.9. The Labute approximate surface area is 248 Å². The Kier molecular flexibility index (Phi) is 8.09. The molecule has 4 heterocycles. The van der Waals surface area contributed by atoms with Crippen molar-refractivity contribution in [2.75, 3.05) is 24.2 Å². The number of pyridine rings is 1. The van der Waals surface area contributed by atoms with E-state index in [-0.39, 0.29) is 29.9 Å². The number of rotatable bonds is 6. The molecule has 0 aliphatic carbocycles. The van der Waals surface area contributed by atoms with Crippen LogP contribution in [0.5, 0.6) is 0 Å². The Morgan fingerprint density at radius 3 is 2.74 bits per heavy atom. The van der Waals surface area contributed by atoms with Crippen molar-refractivity contribution >= 4 is 46.0 Å². The number of esters is 1. The monoisotopic (exact) mass is 592 g/mol. The molecule has 0 saturated carbocycles. The fourth-order valence-corrected chi connectivity index (χ4v) is 6.58. The van der Waals surface area contributed by atoms with Crippen LogP contribution < -0.4 is 10.9 Å². The molecule has 1 amide bonds. The average Bonchev–Trinajstić information content (AvgIpc) is 3.52. The van der Waals surface area contributed by atoms with Crippen molar-refractivity contribution in [2.24, 2.45) is 0 Å². The molecule has 2 aromatic heterocycles. The number of amides is 1. The van der Waals surface area contributed by atoms with E-state index in [9.17, 15) is 19.6 Å². The third-order valence-electron chi connectivity index (χ3n) is 7.67. The summed E-state index contributed by atoms with van der Waals surface area (Å²) >= 11 is 1.76. The van der Waals surface area contributed by atoms with Gasteiger partial charge in [0.1, 0.15) is 11.0 Å². The molecule has 42 heavy (non-hydrogen) atoms. The first-order valence-corrected chi connectivity index (χ1v) is 15.1. The minimum atomic E-state index is -0.893. The maximum Gasteiger partial charge on any atom is 0.335 e. The van der Waals surface area contributed by atoms with Crippen molar-refractivity contribution < 1.29 is 19.1 Å². The number of hydrogen-bond acceptors (Lipinski definition) is 9. The van der Waals surface area contributed by atoms with E-state index < -0.39 is 23.2 Å². The molecule has 3 aromatic rings. The number of ether oxygens (including phenoxy) is 2. The lowest BCUT2D eigenvalue weighted by atomic mass is 9.87. The summed E-state index contributed by atoms with van der Waals surface area (Å²) in [6.07, 6.45) is 1.64. The summed E-state index contributed by atoms with van der Waals surface area (Å²) in [6.45, 7) is 10.1. The zero-order chi connectivity index (χ0) is 30.2. The number of aromatic nitrogens is 3. The third-order valence-corrected chi connectivity index (χ3v) is 8.82. The van der Waals surface area contributed by atoms with E-state index in [1.54, 1.807) is 61.6 Å². The molecule has 12 heteroatoms. The van der Waals surface area contributed by atoms with Gasteiger partial charge in [0.2, 0.25) is 0 Å². The largest absolute Gasteiger partial charge is 0.458 e. The lowest BCUT2D eigenvalue weighted by molar-refractivity contribution is -0.176. The maximum atomic E-state index is 13.1. The third kappa shape index (κ3) is 5.76. The Bertz CT molecular complexity index is 1610. The molecule has 0 radical (unpaired) electrons. The second-order valence-corrected chi connectivity index (χ2v) is 13.3. The normalized spacial score (nSPS) is 22.6. The van der Waals surface area contributed by atoms with Crippen LogP contribution in [0, 0.1) is 18.3 Å². The summed E-state index contributed by atoms with van der Waals surface area (Å²) in [5.74, 6) is 0.813. The lowest BCUT2D eigenvalue weighted by Gasteiger charge is -2.39. The number of nitrogens with one attached hydrogen (secondary N) is 2. The number of aryl methyl sites for hydroxylation is 1. The predicted octanol–water partition coefficient (Wildman–Crippen LogP) is 4.44. The highest BCUT2D eigenvalue weighted by atomic mass is 32.2. The number of thioether (sulfide) groups is 1. The molecule has 1 aromatic carbocycles. The van der Waals surface area contributed by atoms with Crippen molar-refractivity contribution in [3.8, 4) is 6.07 Å². The van der Waals surface area contributed by atoms with Gasteiger partial charge in [0.15, 0.2) is 11.9 Å². The van der Waals surface area contributed by atoms with Crippen LogP contribution in [0.2, 0.25) is 0 Å². The highest BCUT2D eigenvalue weighted by Crippen LogP contribution is 2.38. The summed E-state index contributed by atoms with van der Waals surface area (Å²) in [7, 11) is 0. The van der Waals surface area contributed by atoms with Crippen LogP contribution in [0.1, 0.15) is 62.9 Å². The smallest absolute Gasteiger partial charge is 0.335 e. The quantitative estimate of drug-likeness (QED) is 0.397. The van der Waals surface area contributed by atoms with Gasteiger partial charge in [-0.15, -0.1) is 11.8 Å². The van der Waals surface area contributed by atoms with E-state index in [0.29, 0.717) is 40.8 Å². The van der Waals surface area contributed by atoms with Crippen LogP contribution >= 0.6 is 11.8 Å². The van der Waals surface area contributed by atoms with Gasteiger partial charge in [-0.3, -0.25) is 14.3 Å². The van der Waals surface area contributed by atoms with Crippen molar-refractivity contribution in [3.63, 3.8) is 0 Å². The first kappa shape index (κ1) is 29.7. The molecule has 5 rings (SSSR count). The summed E-state index contributed by atoms with van der Waals surface area (Å²) in [5, 5.41) is 18.3. The average molecular weight is 593 g/mol. The van der Waals surface area contributed by atoms with Crippen LogP contribution in [0.25, 0.3) is 10.9 Å². The Hall–Kier alpha value is -3.82. The summed E-state index contributed by atoms with van der Waals surface area (Å²) < 4.78 is 13.2. The zero-order valence-electron chi connectivity index (χ0n) is 24.5. The van der Waals surface area contributed by atoms with Crippen LogP contribution in [0.3, 0.4) is 0 Å².